The van der Waals surface area contributed by atoms with Crippen molar-refractivity contribution in [2.45, 2.75) is 19.8 Å². The number of rotatable bonds is 6. The maximum atomic E-state index is 13.9. The standard InChI is InChI=1S/C22H15BClF4N5O3/c1-10-20(32-23-33(10)9-11-2-4-12(5-3-11)36-22(26,27)28)31-21(35)14-7-18(19(29)34)30-17-8-16(25)15(24)6-13(14)17/h2-8H,9H2,1H3,(H2,29,34)(H,31,35). The SMILES string of the molecule is Cc1c(NC(=O)c2cc(C(N)=O)nc3cc(F)c(Cl)cc23)nbn1Cc1ccc(OC(F)(F)F)cc1. The van der Waals surface area contributed by atoms with Gasteiger partial charge in [-0.1, -0.05) is 0 Å². The van der Waals surface area contributed by atoms with E-state index in [0.717, 1.165) is 6.07 Å². The molecule has 36 heavy (non-hydrogen) atoms. The molecule has 0 aliphatic carbocycles. The molecule has 0 saturated heterocycles. The first-order valence-electron chi connectivity index (χ1n) is 10.2. The minimum atomic E-state index is -4.78. The number of carbonyl (C=O) groups excluding carboxylic acids is 2. The van der Waals surface area contributed by atoms with Crippen molar-refractivity contribution >= 4 is 47.3 Å². The third kappa shape index (κ3) is 5.46. The summed E-state index contributed by atoms with van der Waals surface area (Å²) in [4.78, 5) is 32.9. The maximum absolute atomic E-state index is 13.9. The summed E-state index contributed by atoms with van der Waals surface area (Å²) in [5.74, 6) is -2.52. The van der Waals surface area contributed by atoms with Gasteiger partial charge >= 0.3 is 206 Å². The van der Waals surface area contributed by atoms with Crippen molar-refractivity contribution < 1.29 is 31.9 Å². The quantitative estimate of drug-likeness (QED) is 0.372. The van der Waals surface area contributed by atoms with Gasteiger partial charge in [0.15, 0.2) is 0 Å². The Morgan fingerprint density at radius 2 is 1.89 bits per heavy atom. The first-order chi connectivity index (χ1) is 16.9. The van der Waals surface area contributed by atoms with Gasteiger partial charge in [-0.15, -0.1) is 0 Å². The van der Waals surface area contributed by atoms with E-state index >= 15 is 0 Å². The summed E-state index contributed by atoms with van der Waals surface area (Å²) in [5.41, 5.74) is 6.25. The number of pyridine rings is 1. The Labute approximate surface area is 206 Å². The molecule has 2 aromatic carbocycles. The van der Waals surface area contributed by atoms with Crippen molar-refractivity contribution in [1.82, 2.24) is 14.3 Å². The zero-order valence-corrected chi connectivity index (χ0v) is 19.1. The van der Waals surface area contributed by atoms with E-state index in [0.29, 0.717) is 11.3 Å². The van der Waals surface area contributed by atoms with Crippen LogP contribution in [0, 0.1) is 12.7 Å². The summed E-state index contributed by atoms with van der Waals surface area (Å²) in [5, 5.41) is 2.59. The molecule has 2 heterocycles. The van der Waals surface area contributed by atoms with Crippen molar-refractivity contribution in [3.8, 4) is 5.75 Å². The molecule has 0 saturated carbocycles. The molecule has 0 radical (unpaired) electrons. The fraction of sp³-hybridized carbons (Fsp3) is 0.136. The summed E-state index contributed by atoms with van der Waals surface area (Å²) < 4.78 is 56.5. The zero-order valence-electron chi connectivity index (χ0n) is 18.4. The number of fused-ring (bicyclic) bond motifs is 1. The van der Waals surface area contributed by atoms with Gasteiger partial charge in [-0.05, 0) is 0 Å². The first-order valence-corrected chi connectivity index (χ1v) is 10.6. The van der Waals surface area contributed by atoms with Crippen LogP contribution in [0.25, 0.3) is 10.9 Å². The Bertz CT molecular complexity index is 1490. The molecule has 2 amide bonds. The number of carbonyl (C=O) groups is 2. The van der Waals surface area contributed by atoms with Crippen LogP contribution < -0.4 is 15.8 Å². The third-order valence-electron chi connectivity index (χ3n) is 5.19. The van der Waals surface area contributed by atoms with Crippen LogP contribution in [0.5, 0.6) is 5.75 Å². The van der Waals surface area contributed by atoms with Crippen LogP contribution in [0.15, 0.2) is 42.5 Å². The van der Waals surface area contributed by atoms with Crippen LogP contribution in [-0.4, -0.2) is 39.7 Å². The number of nitrogens with one attached hydrogen (secondary N) is 1. The van der Waals surface area contributed by atoms with Crippen molar-refractivity contribution in [2.75, 3.05) is 5.32 Å². The number of alkyl halides is 3. The molecule has 4 rings (SSSR count). The van der Waals surface area contributed by atoms with E-state index in [1.807, 2.05) is 0 Å². The molecule has 8 nitrogen and oxygen atoms in total. The Morgan fingerprint density at radius 3 is 2.53 bits per heavy atom. The van der Waals surface area contributed by atoms with Gasteiger partial charge in [-0.3, -0.25) is 0 Å². The second-order valence-electron chi connectivity index (χ2n) is 7.66. The molecule has 0 bridgehead atoms. The number of amides is 2. The number of nitrogens with two attached hydrogens (primary N) is 1. The summed E-state index contributed by atoms with van der Waals surface area (Å²) >= 11 is 5.87. The van der Waals surface area contributed by atoms with Crippen LogP contribution in [0.4, 0.5) is 23.4 Å². The molecular weight excluding hydrogens is 505 g/mol. The summed E-state index contributed by atoms with van der Waals surface area (Å²) in [6.07, 6.45) is -4.78. The van der Waals surface area contributed by atoms with Gasteiger partial charge in [0.1, 0.15) is 0 Å². The Hall–Kier alpha value is -4.00. The van der Waals surface area contributed by atoms with Gasteiger partial charge in [-0.2, -0.15) is 0 Å². The van der Waals surface area contributed by atoms with E-state index in [1.165, 1.54) is 43.6 Å². The molecule has 2 aromatic heterocycles. The molecule has 14 heteroatoms. The summed E-state index contributed by atoms with van der Waals surface area (Å²) in [6, 6.07) is 8.70. The van der Waals surface area contributed by atoms with Gasteiger partial charge in [-0.25, -0.2) is 0 Å². The zero-order chi connectivity index (χ0) is 26.2. The minimum absolute atomic E-state index is 0.0125. The number of halogens is 5. The van der Waals surface area contributed by atoms with Gasteiger partial charge in [0.25, 0.3) is 0 Å². The van der Waals surface area contributed by atoms with Crippen molar-refractivity contribution in [3.05, 3.63) is 75.8 Å². The van der Waals surface area contributed by atoms with Crippen molar-refractivity contribution in [1.29, 1.82) is 0 Å². The fourth-order valence-electron chi connectivity index (χ4n) is 3.43. The molecule has 3 N–H and O–H groups in total. The van der Waals surface area contributed by atoms with E-state index < -0.39 is 24.0 Å². The van der Waals surface area contributed by atoms with Crippen LogP contribution in [0.3, 0.4) is 0 Å². The third-order valence-corrected chi connectivity index (χ3v) is 5.48. The van der Waals surface area contributed by atoms with Gasteiger partial charge in [0, 0.05) is 0 Å². The molecule has 0 aliphatic rings. The first kappa shape index (κ1) is 25.1. The number of nitrogens with zero attached hydrogens (tertiary/aromatic N) is 3. The van der Waals surface area contributed by atoms with Gasteiger partial charge in [0.2, 0.25) is 0 Å². The van der Waals surface area contributed by atoms with E-state index in [-0.39, 0.29) is 45.3 Å². The molecule has 184 valence electrons. The monoisotopic (exact) mass is 519 g/mol. The predicted molar refractivity (Wildman–Crippen MR) is 124 cm³/mol. The number of anilines is 1. The molecule has 0 atom stereocenters. The summed E-state index contributed by atoms with van der Waals surface area (Å²) in [6.45, 7) is 1.93. The fourth-order valence-corrected chi connectivity index (χ4v) is 3.59. The number of ether oxygens (including phenoxy) is 1. The number of primary amides is 1. The summed E-state index contributed by atoms with van der Waals surface area (Å²) in [7, 11) is 1.44. The van der Waals surface area contributed by atoms with Crippen LogP contribution in [0.2, 0.25) is 5.02 Å². The number of benzene rings is 2. The van der Waals surface area contributed by atoms with E-state index in [4.69, 9.17) is 17.3 Å². The van der Waals surface area contributed by atoms with Crippen molar-refractivity contribution in [3.63, 3.8) is 0 Å². The average Bonchev–Trinajstić information content (AvgIpc) is 3.13. The molecular formula is C22H15BClF4N5O3. The second kappa shape index (κ2) is 9.57. The number of aromatic nitrogens is 3. The van der Waals surface area contributed by atoms with E-state index in [2.05, 4.69) is 19.9 Å². The van der Waals surface area contributed by atoms with E-state index in [9.17, 15) is 27.2 Å². The Balaban J connectivity index is 1.58. The average molecular weight is 520 g/mol. The van der Waals surface area contributed by atoms with Crippen LogP contribution in [0.1, 0.15) is 32.1 Å². The number of hydrogen-bond donors (Lipinski definition) is 2. The number of hydrogen-bond acceptors (Lipinski definition) is 5. The molecule has 0 spiro atoms. The van der Waals surface area contributed by atoms with E-state index in [1.54, 1.807) is 11.4 Å². The Kier molecular flexibility index (Phi) is 6.68. The topological polar surface area (TPSA) is 112 Å². The second-order valence-corrected chi connectivity index (χ2v) is 8.06. The van der Waals surface area contributed by atoms with Crippen LogP contribution in [-0.2, 0) is 6.54 Å². The predicted octanol–water partition coefficient (Wildman–Crippen LogP) is 4.17. The van der Waals surface area contributed by atoms with Crippen LogP contribution >= 0.6 is 11.6 Å². The van der Waals surface area contributed by atoms with Crippen molar-refractivity contribution in [2.24, 2.45) is 5.73 Å². The van der Waals surface area contributed by atoms with Gasteiger partial charge in [0.05, 0.1) is 0 Å². The molecule has 0 aliphatic heterocycles. The molecule has 4 aromatic rings. The van der Waals surface area contributed by atoms with Gasteiger partial charge < -0.3 is 0 Å². The Morgan fingerprint density at radius 1 is 1.19 bits per heavy atom. The molecule has 0 fully saturated rings. The molecule has 0 unspecified atom stereocenters. The normalized spacial score (nSPS) is 11.4.